The minimum absolute atomic E-state index is 0.272. The molecule has 1 N–H and O–H groups in total. The van der Waals surface area contributed by atoms with E-state index in [0.717, 1.165) is 33.9 Å². The molecular formula is C14H15N3O2. The fourth-order valence-electron chi connectivity index (χ4n) is 2.05. The first kappa shape index (κ1) is 13.0. The van der Waals surface area contributed by atoms with E-state index in [0.29, 0.717) is 0 Å². The zero-order valence-corrected chi connectivity index (χ0v) is 11.4. The van der Waals surface area contributed by atoms with Gasteiger partial charge in [-0.1, -0.05) is 0 Å². The summed E-state index contributed by atoms with van der Waals surface area (Å²) in [5.41, 5.74) is 3.60. The summed E-state index contributed by atoms with van der Waals surface area (Å²) in [6, 6.07) is 3.86. The number of rotatable bonds is 3. The summed E-state index contributed by atoms with van der Waals surface area (Å²) in [5, 5.41) is 8.82. The molecule has 0 aliphatic heterocycles. The van der Waals surface area contributed by atoms with Gasteiger partial charge in [-0.05, 0) is 31.0 Å². The van der Waals surface area contributed by atoms with Crippen LogP contribution in [-0.4, -0.2) is 24.2 Å². The summed E-state index contributed by atoms with van der Waals surface area (Å²) in [6.45, 7) is 3.95. The lowest BCUT2D eigenvalue weighted by Crippen LogP contribution is -1.97. The van der Waals surface area contributed by atoms with Crippen molar-refractivity contribution in [1.29, 1.82) is 5.26 Å². The second-order valence-electron chi connectivity index (χ2n) is 4.17. The second kappa shape index (κ2) is 5.02. The van der Waals surface area contributed by atoms with Gasteiger partial charge < -0.3 is 14.5 Å². The smallest absolute Gasteiger partial charge is 0.210 e. The Balaban J connectivity index is 2.68. The number of H-pyrrole nitrogens is 1. The van der Waals surface area contributed by atoms with Gasteiger partial charge in [-0.15, -0.1) is 0 Å². The summed E-state index contributed by atoms with van der Waals surface area (Å²) in [6.07, 6.45) is 1.62. The monoisotopic (exact) mass is 257 g/mol. The minimum Gasteiger partial charge on any atom is -0.496 e. The molecule has 0 unspecified atom stereocenters. The Hall–Kier alpha value is -2.48. The van der Waals surface area contributed by atoms with Crippen LogP contribution in [0.1, 0.15) is 17.0 Å². The molecule has 1 aromatic carbocycles. The molecule has 5 heteroatoms. The number of benzene rings is 1. The first-order chi connectivity index (χ1) is 9.12. The van der Waals surface area contributed by atoms with Crippen molar-refractivity contribution in [2.24, 2.45) is 0 Å². The van der Waals surface area contributed by atoms with E-state index >= 15 is 0 Å². The van der Waals surface area contributed by atoms with Crippen molar-refractivity contribution in [2.75, 3.05) is 14.2 Å². The van der Waals surface area contributed by atoms with Crippen molar-refractivity contribution in [3.63, 3.8) is 0 Å². The Labute approximate surface area is 111 Å². The maximum absolute atomic E-state index is 8.82. The van der Waals surface area contributed by atoms with Crippen molar-refractivity contribution >= 4 is 0 Å². The van der Waals surface area contributed by atoms with Crippen LogP contribution in [0.25, 0.3) is 11.3 Å². The normalized spacial score (nSPS) is 10.1. The number of aromatic nitrogens is 2. The Kier molecular flexibility index (Phi) is 3.43. The average molecular weight is 257 g/mol. The van der Waals surface area contributed by atoms with Crippen LogP contribution < -0.4 is 9.47 Å². The third-order valence-corrected chi connectivity index (χ3v) is 3.19. The van der Waals surface area contributed by atoms with Gasteiger partial charge in [-0.2, -0.15) is 5.26 Å². The average Bonchev–Trinajstić information content (AvgIpc) is 2.90. The quantitative estimate of drug-likeness (QED) is 0.917. The van der Waals surface area contributed by atoms with E-state index in [1.165, 1.54) is 0 Å². The van der Waals surface area contributed by atoms with E-state index in [1.54, 1.807) is 20.4 Å². The van der Waals surface area contributed by atoms with Crippen LogP contribution in [0.5, 0.6) is 11.5 Å². The third-order valence-electron chi connectivity index (χ3n) is 3.19. The lowest BCUT2D eigenvalue weighted by molar-refractivity contribution is 0.399. The molecule has 0 saturated carbocycles. The molecule has 1 heterocycles. The van der Waals surface area contributed by atoms with Gasteiger partial charge in [0.15, 0.2) is 0 Å². The first-order valence-electron chi connectivity index (χ1n) is 5.80. The van der Waals surface area contributed by atoms with Crippen molar-refractivity contribution in [2.45, 2.75) is 13.8 Å². The van der Waals surface area contributed by atoms with Gasteiger partial charge in [0, 0.05) is 5.56 Å². The number of nitrogens with one attached hydrogen (secondary N) is 1. The van der Waals surface area contributed by atoms with Crippen LogP contribution >= 0.6 is 0 Å². The third kappa shape index (κ3) is 2.13. The standard InChI is InChI=1S/C14H15N3O2/c1-8-9(2)14(19-4)10(5-12(8)18-3)11-7-16-13(6-15)17-11/h5,7H,1-4H3,(H,16,17). The van der Waals surface area contributed by atoms with Gasteiger partial charge in [0.05, 0.1) is 26.1 Å². The van der Waals surface area contributed by atoms with Gasteiger partial charge in [0.1, 0.15) is 17.6 Å². The summed E-state index contributed by atoms with van der Waals surface area (Å²) < 4.78 is 10.8. The molecule has 2 rings (SSSR count). The molecule has 0 amide bonds. The van der Waals surface area contributed by atoms with Crippen LogP contribution in [-0.2, 0) is 0 Å². The lowest BCUT2D eigenvalue weighted by atomic mass is 10.0. The molecule has 0 fully saturated rings. The maximum atomic E-state index is 8.82. The molecule has 0 saturated heterocycles. The highest BCUT2D eigenvalue weighted by Crippen LogP contribution is 2.38. The zero-order valence-electron chi connectivity index (χ0n) is 11.4. The minimum atomic E-state index is 0.272. The molecule has 19 heavy (non-hydrogen) atoms. The van der Waals surface area contributed by atoms with Gasteiger partial charge in [0.25, 0.3) is 0 Å². The van der Waals surface area contributed by atoms with Crippen molar-refractivity contribution < 1.29 is 9.47 Å². The first-order valence-corrected chi connectivity index (χ1v) is 5.80. The number of hydrogen-bond donors (Lipinski definition) is 1. The van der Waals surface area contributed by atoms with E-state index in [1.807, 2.05) is 26.0 Å². The predicted molar refractivity (Wildman–Crippen MR) is 71.3 cm³/mol. The number of nitriles is 1. The van der Waals surface area contributed by atoms with Crippen LogP contribution in [0, 0.1) is 25.2 Å². The number of imidazole rings is 1. The Morgan fingerprint density at radius 1 is 1.21 bits per heavy atom. The Morgan fingerprint density at radius 2 is 1.95 bits per heavy atom. The number of aromatic amines is 1. The fraction of sp³-hybridized carbons (Fsp3) is 0.286. The molecule has 98 valence electrons. The molecule has 0 radical (unpaired) electrons. The SMILES string of the molecule is COc1cc(-c2cnc(C#N)[nH]2)c(OC)c(C)c1C. The highest BCUT2D eigenvalue weighted by Gasteiger charge is 2.16. The number of nitrogens with zero attached hydrogens (tertiary/aromatic N) is 2. The van der Waals surface area contributed by atoms with Crippen LogP contribution in [0.2, 0.25) is 0 Å². The van der Waals surface area contributed by atoms with Crippen molar-refractivity contribution in [1.82, 2.24) is 9.97 Å². The van der Waals surface area contributed by atoms with E-state index in [9.17, 15) is 0 Å². The molecule has 2 aromatic rings. The predicted octanol–water partition coefficient (Wildman–Crippen LogP) is 2.58. The van der Waals surface area contributed by atoms with E-state index in [-0.39, 0.29) is 5.82 Å². The molecule has 0 bridgehead atoms. The largest absolute Gasteiger partial charge is 0.496 e. The van der Waals surface area contributed by atoms with Crippen LogP contribution in [0.4, 0.5) is 0 Å². The summed E-state index contributed by atoms with van der Waals surface area (Å²) in [4.78, 5) is 6.93. The van der Waals surface area contributed by atoms with E-state index < -0.39 is 0 Å². The summed E-state index contributed by atoms with van der Waals surface area (Å²) in [5.74, 6) is 1.81. The molecule has 0 atom stereocenters. The molecule has 1 aromatic heterocycles. The van der Waals surface area contributed by atoms with Crippen LogP contribution in [0.3, 0.4) is 0 Å². The Bertz CT molecular complexity index is 653. The topological polar surface area (TPSA) is 70.9 Å². The highest BCUT2D eigenvalue weighted by atomic mass is 16.5. The van der Waals surface area contributed by atoms with Gasteiger partial charge in [-0.3, -0.25) is 0 Å². The fourth-order valence-corrected chi connectivity index (χ4v) is 2.05. The maximum Gasteiger partial charge on any atom is 0.210 e. The van der Waals surface area contributed by atoms with E-state index in [2.05, 4.69) is 9.97 Å². The molecule has 0 aliphatic rings. The zero-order chi connectivity index (χ0) is 14.0. The number of methoxy groups -OCH3 is 2. The second-order valence-corrected chi connectivity index (χ2v) is 4.17. The van der Waals surface area contributed by atoms with Gasteiger partial charge in [0.2, 0.25) is 5.82 Å². The van der Waals surface area contributed by atoms with Crippen molar-refractivity contribution in [3.05, 3.63) is 29.2 Å². The van der Waals surface area contributed by atoms with Gasteiger partial charge >= 0.3 is 0 Å². The summed E-state index contributed by atoms with van der Waals surface area (Å²) in [7, 11) is 3.25. The molecule has 0 spiro atoms. The highest BCUT2D eigenvalue weighted by molar-refractivity contribution is 5.73. The Morgan fingerprint density at radius 3 is 2.47 bits per heavy atom. The van der Waals surface area contributed by atoms with Crippen LogP contribution in [0.15, 0.2) is 12.3 Å². The number of hydrogen-bond acceptors (Lipinski definition) is 4. The molecule has 0 aliphatic carbocycles. The lowest BCUT2D eigenvalue weighted by Gasteiger charge is -2.15. The molecule has 5 nitrogen and oxygen atoms in total. The molecular weight excluding hydrogens is 242 g/mol. The number of ether oxygens (including phenoxy) is 2. The summed E-state index contributed by atoms with van der Waals surface area (Å²) >= 11 is 0. The van der Waals surface area contributed by atoms with Crippen molar-refractivity contribution in [3.8, 4) is 28.8 Å². The van der Waals surface area contributed by atoms with Gasteiger partial charge in [-0.25, -0.2) is 4.98 Å². The van der Waals surface area contributed by atoms with E-state index in [4.69, 9.17) is 14.7 Å².